The van der Waals surface area contributed by atoms with Crippen molar-refractivity contribution in [1.82, 2.24) is 5.32 Å². The number of benzene rings is 3. The molecule has 0 aromatic heterocycles. The predicted molar refractivity (Wildman–Crippen MR) is 99.4 cm³/mol. The minimum atomic E-state index is -0.310. The highest BCUT2D eigenvalue weighted by atomic mass is 16.2. The molecule has 0 radical (unpaired) electrons. The summed E-state index contributed by atoms with van der Waals surface area (Å²) in [4.78, 5) is 36.9. The summed E-state index contributed by atoms with van der Waals surface area (Å²) in [6, 6.07) is 24.1. The molecule has 3 rings (SSSR count). The first kappa shape index (κ1) is 17.3. The van der Waals surface area contributed by atoms with Crippen LogP contribution in [0.25, 0.3) is 0 Å². The Kier molecular flexibility index (Phi) is 5.34. The van der Waals surface area contributed by atoms with E-state index in [1.807, 2.05) is 12.1 Å². The first-order valence-corrected chi connectivity index (χ1v) is 8.21. The SMILES string of the molecule is O=C(CNC(=O)c1ccccc1)c1cccc(C(=O)c2ccccc2)c1. The lowest BCUT2D eigenvalue weighted by molar-refractivity contribution is 0.0904. The lowest BCUT2D eigenvalue weighted by atomic mass is 10.00. The van der Waals surface area contributed by atoms with Gasteiger partial charge in [-0.05, 0) is 18.2 Å². The number of hydrogen-bond acceptors (Lipinski definition) is 3. The number of ketones is 2. The van der Waals surface area contributed by atoms with Crippen molar-refractivity contribution in [3.05, 3.63) is 107 Å². The van der Waals surface area contributed by atoms with Crippen molar-refractivity contribution < 1.29 is 14.4 Å². The third-order valence-corrected chi connectivity index (χ3v) is 3.93. The Morgan fingerprint density at radius 2 is 1.15 bits per heavy atom. The van der Waals surface area contributed by atoms with E-state index < -0.39 is 0 Å². The summed E-state index contributed by atoms with van der Waals surface area (Å²) in [5, 5.41) is 2.60. The Hall–Kier alpha value is -3.53. The van der Waals surface area contributed by atoms with Crippen LogP contribution in [0.1, 0.15) is 36.6 Å². The van der Waals surface area contributed by atoms with Crippen molar-refractivity contribution in [2.24, 2.45) is 0 Å². The molecule has 0 unspecified atom stereocenters. The summed E-state index contributed by atoms with van der Waals surface area (Å²) < 4.78 is 0. The topological polar surface area (TPSA) is 63.2 Å². The molecular formula is C22H17NO3. The van der Waals surface area contributed by atoms with Crippen LogP contribution in [0.5, 0.6) is 0 Å². The molecule has 0 saturated heterocycles. The van der Waals surface area contributed by atoms with Gasteiger partial charge < -0.3 is 5.32 Å². The van der Waals surface area contributed by atoms with Crippen LogP contribution < -0.4 is 5.32 Å². The molecule has 3 aromatic rings. The highest BCUT2D eigenvalue weighted by molar-refractivity contribution is 6.10. The van der Waals surface area contributed by atoms with E-state index in [0.717, 1.165) is 0 Å². The highest BCUT2D eigenvalue weighted by Gasteiger charge is 2.13. The second-order valence-electron chi connectivity index (χ2n) is 5.75. The van der Waals surface area contributed by atoms with Crippen LogP contribution in [0, 0.1) is 0 Å². The summed E-state index contributed by atoms with van der Waals surface area (Å²) in [6.07, 6.45) is 0. The number of carbonyl (C=O) groups excluding carboxylic acids is 3. The van der Waals surface area contributed by atoms with Crippen molar-refractivity contribution in [2.75, 3.05) is 6.54 Å². The molecule has 1 N–H and O–H groups in total. The molecule has 3 aromatic carbocycles. The molecule has 128 valence electrons. The fourth-order valence-electron chi connectivity index (χ4n) is 2.54. The van der Waals surface area contributed by atoms with Crippen LogP contribution in [0.2, 0.25) is 0 Å². The summed E-state index contributed by atoms with van der Waals surface area (Å²) in [5.41, 5.74) is 1.89. The van der Waals surface area contributed by atoms with Gasteiger partial charge in [-0.15, -0.1) is 0 Å². The molecule has 4 nitrogen and oxygen atoms in total. The van der Waals surface area contributed by atoms with Crippen molar-refractivity contribution in [3.8, 4) is 0 Å². The van der Waals surface area contributed by atoms with E-state index >= 15 is 0 Å². The van der Waals surface area contributed by atoms with Crippen molar-refractivity contribution in [3.63, 3.8) is 0 Å². The van der Waals surface area contributed by atoms with Gasteiger partial charge in [0.1, 0.15) is 0 Å². The first-order valence-electron chi connectivity index (χ1n) is 8.21. The van der Waals surface area contributed by atoms with E-state index in [4.69, 9.17) is 0 Å². The summed E-state index contributed by atoms with van der Waals surface area (Å²) >= 11 is 0. The maximum atomic E-state index is 12.5. The van der Waals surface area contributed by atoms with Gasteiger partial charge in [0.15, 0.2) is 11.6 Å². The fourth-order valence-corrected chi connectivity index (χ4v) is 2.54. The van der Waals surface area contributed by atoms with Gasteiger partial charge in [-0.2, -0.15) is 0 Å². The monoisotopic (exact) mass is 343 g/mol. The number of amides is 1. The Balaban J connectivity index is 1.69. The molecule has 0 aliphatic heterocycles. The minimum Gasteiger partial charge on any atom is -0.345 e. The number of nitrogens with one attached hydrogen (secondary N) is 1. The molecular weight excluding hydrogens is 326 g/mol. The Morgan fingerprint density at radius 1 is 0.615 bits per heavy atom. The number of Topliss-reactive ketones (excluding diaryl/α,β-unsaturated/α-hetero) is 1. The zero-order chi connectivity index (χ0) is 18.4. The van der Waals surface area contributed by atoms with E-state index in [2.05, 4.69) is 5.32 Å². The van der Waals surface area contributed by atoms with Crippen LogP contribution in [0.15, 0.2) is 84.9 Å². The predicted octanol–water partition coefficient (Wildman–Crippen LogP) is 3.53. The quantitative estimate of drug-likeness (QED) is 0.697. The fraction of sp³-hybridized carbons (Fsp3) is 0.0455. The molecule has 0 atom stereocenters. The molecule has 26 heavy (non-hydrogen) atoms. The van der Waals surface area contributed by atoms with E-state index in [-0.39, 0.29) is 24.0 Å². The van der Waals surface area contributed by atoms with E-state index in [9.17, 15) is 14.4 Å². The smallest absolute Gasteiger partial charge is 0.251 e. The van der Waals surface area contributed by atoms with Crippen LogP contribution in [-0.2, 0) is 0 Å². The number of carbonyl (C=O) groups is 3. The molecule has 4 heteroatoms. The molecule has 1 amide bonds. The summed E-state index contributed by atoms with van der Waals surface area (Å²) in [6.45, 7) is -0.128. The molecule has 0 spiro atoms. The third kappa shape index (κ3) is 4.11. The van der Waals surface area contributed by atoms with Gasteiger partial charge in [0.05, 0.1) is 6.54 Å². The van der Waals surface area contributed by atoms with E-state index in [1.165, 1.54) is 0 Å². The zero-order valence-corrected chi connectivity index (χ0v) is 14.0. The molecule has 0 aliphatic rings. The van der Waals surface area contributed by atoms with Crippen molar-refractivity contribution in [1.29, 1.82) is 0 Å². The Morgan fingerprint density at radius 3 is 1.81 bits per heavy atom. The van der Waals surface area contributed by atoms with Crippen molar-refractivity contribution in [2.45, 2.75) is 0 Å². The highest BCUT2D eigenvalue weighted by Crippen LogP contribution is 2.12. The zero-order valence-electron chi connectivity index (χ0n) is 14.0. The standard InChI is InChI=1S/C22H17NO3/c24-20(15-23-22(26)17-10-5-2-6-11-17)18-12-7-13-19(14-18)21(25)16-8-3-1-4-9-16/h1-14H,15H2,(H,23,26). The van der Waals surface area contributed by atoms with Crippen LogP contribution in [-0.4, -0.2) is 24.0 Å². The van der Waals surface area contributed by atoms with Gasteiger partial charge in [-0.25, -0.2) is 0 Å². The van der Waals surface area contributed by atoms with Crippen molar-refractivity contribution >= 4 is 17.5 Å². The van der Waals surface area contributed by atoms with Gasteiger partial charge in [0, 0.05) is 22.3 Å². The van der Waals surface area contributed by atoms with E-state index in [1.54, 1.807) is 72.8 Å². The van der Waals surface area contributed by atoms with Gasteiger partial charge in [-0.1, -0.05) is 66.7 Å². The molecule has 0 heterocycles. The maximum absolute atomic E-state index is 12.5. The first-order chi connectivity index (χ1) is 12.6. The van der Waals surface area contributed by atoms with Gasteiger partial charge in [0.2, 0.25) is 0 Å². The van der Waals surface area contributed by atoms with Gasteiger partial charge >= 0.3 is 0 Å². The van der Waals surface area contributed by atoms with E-state index in [0.29, 0.717) is 22.3 Å². The lowest BCUT2D eigenvalue weighted by Gasteiger charge is -2.06. The van der Waals surface area contributed by atoms with Crippen LogP contribution in [0.4, 0.5) is 0 Å². The molecule has 0 bridgehead atoms. The van der Waals surface area contributed by atoms with Crippen LogP contribution >= 0.6 is 0 Å². The molecule has 0 aliphatic carbocycles. The average molecular weight is 343 g/mol. The van der Waals surface area contributed by atoms with Crippen LogP contribution in [0.3, 0.4) is 0 Å². The second-order valence-corrected chi connectivity index (χ2v) is 5.75. The average Bonchev–Trinajstić information content (AvgIpc) is 2.72. The normalized spacial score (nSPS) is 10.2. The van der Waals surface area contributed by atoms with Gasteiger partial charge in [-0.3, -0.25) is 14.4 Å². The number of rotatable bonds is 6. The minimum absolute atomic E-state index is 0.128. The molecule has 0 fully saturated rings. The molecule has 0 saturated carbocycles. The summed E-state index contributed by atoms with van der Waals surface area (Å²) in [5.74, 6) is -0.707. The Bertz CT molecular complexity index is 934. The largest absolute Gasteiger partial charge is 0.345 e. The lowest BCUT2D eigenvalue weighted by Crippen LogP contribution is -2.29. The second kappa shape index (κ2) is 8.03. The van der Waals surface area contributed by atoms with Gasteiger partial charge in [0.25, 0.3) is 5.91 Å². The maximum Gasteiger partial charge on any atom is 0.251 e. The Labute approximate surface area is 151 Å². The third-order valence-electron chi connectivity index (χ3n) is 3.93. The number of hydrogen-bond donors (Lipinski definition) is 1. The summed E-state index contributed by atoms with van der Waals surface area (Å²) in [7, 11) is 0.